The molecule has 0 aromatic rings. The molecule has 0 aliphatic rings. The molecule has 27 heavy (non-hydrogen) atoms. The first-order valence-electron chi connectivity index (χ1n) is 12.5. The molecule has 0 heteroatoms. The molecular weight excluding hydrogens is 324 g/mol. The van der Waals surface area contributed by atoms with Gasteiger partial charge in [0.15, 0.2) is 0 Å². The van der Waals surface area contributed by atoms with E-state index < -0.39 is 0 Å². The Bertz CT molecular complexity index is 153. The molecule has 0 bridgehead atoms. The highest BCUT2D eigenvalue weighted by Gasteiger charge is 1.85. The van der Waals surface area contributed by atoms with E-state index in [1.807, 2.05) is 0 Å². The SMILES string of the molecule is CCC(C)C.CCC(C)C.CCC(C)C.CCCC(C)C.CCCCCC. The van der Waals surface area contributed by atoms with E-state index in [0.29, 0.717) is 0 Å². The molecule has 0 radical (unpaired) electrons. The third kappa shape index (κ3) is 104. The summed E-state index contributed by atoms with van der Waals surface area (Å²) in [4.78, 5) is 0. The first-order chi connectivity index (χ1) is 12.5. The summed E-state index contributed by atoms with van der Waals surface area (Å²) in [6.07, 6.45) is 12.2. The summed E-state index contributed by atoms with van der Waals surface area (Å²) in [5.41, 5.74) is 0. The molecule has 0 spiro atoms. The van der Waals surface area contributed by atoms with Crippen LogP contribution < -0.4 is 0 Å². The Labute approximate surface area is 178 Å². The molecule has 0 aliphatic heterocycles. The highest BCUT2D eigenvalue weighted by Crippen LogP contribution is 2.00. The van der Waals surface area contributed by atoms with Crippen molar-refractivity contribution in [1.82, 2.24) is 0 Å². The summed E-state index contributed by atoms with van der Waals surface area (Å²) in [6, 6.07) is 0. The number of rotatable bonds is 8. The highest BCUT2D eigenvalue weighted by molar-refractivity contribution is 4.38. The van der Waals surface area contributed by atoms with Gasteiger partial charge >= 0.3 is 0 Å². The summed E-state index contributed by atoms with van der Waals surface area (Å²) >= 11 is 0. The topological polar surface area (TPSA) is 0 Å². The Kier molecular flexibility index (Phi) is 51.5. The van der Waals surface area contributed by atoms with Crippen LogP contribution in [0.1, 0.15) is 155 Å². The number of hydrogen-bond donors (Lipinski definition) is 0. The van der Waals surface area contributed by atoms with Gasteiger partial charge in [0.05, 0.1) is 0 Å². The van der Waals surface area contributed by atoms with Crippen molar-refractivity contribution >= 4 is 0 Å². The molecule has 0 amide bonds. The van der Waals surface area contributed by atoms with Gasteiger partial charge in [0.1, 0.15) is 0 Å². The van der Waals surface area contributed by atoms with Crippen molar-refractivity contribution in [2.75, 3.05) is 0 Å². The van der Waals surface area contributed by atoms with Crippen LogP contribution in [0.3, 0.4) is 0 Å². The van der Waals surface area contributed by atoms with E-state index in [2.05, 4.69) is 96.9 Å². The van der Waals surface area contributed by atoms with E-state index in [9.17, 15) is 0 Å². The second-order valence-corrected chi connectivity index (χ2v) is 9.30. The summed E-state index contributed by atoms with van der Waals surface area (Å²) < 4.78 is 0. The lowest BCUT2D eigenvalue weighted by molar-refractivity contribution is 0.576. The van der Waals surface area contributed by atoms with E-state index in [-0.39, 0.29) is 0 Å². The minimum atomic E-state index is 0.884. The van der Waals surface area contributed by atoms with Crippen LogP contribution in [0.4, 0.5) is 0 Å². The summed E-state index contributed by atoms with van der Waals surface area (Å²) in [6.45, 7) is 31.1. The lowest BCUT2D eigenvalue weighted by Crippen LogP contribution is -1.81. The summed E-state index contributed by atoms with van der Waals surface area (Å²) in [5.74, 6) is 3.55. The first-order valence-corrected chi connectivity index (χ1v) is 12.5. The predicted octanol–water partition coefficient (Wildman–Crippen LogP) is 11.2. The number of unbranched alkanes of at least 4 members (excludes halogenated alkanes) is 3. The van der Waals surface area contributed by atoms with Gasteiger partial charge in [-0.2, -0.15) is 0 Å². The maximum atomic E-state index is 2.25. The van der Waals surface area contributed by atoms with E-state index in [1.165, 1.54) is 57.8 Å². The van der Waals surface area contributed by atoms with Crippen LogP contribution in [0.25, 0.3) is 0 Å². The summed E-state index contributed by atoms with van der Waals surface area (Å²) in [5, 5.41) is 0. The predicted molar refractivity (Wildman–Crippen MR) is 135 cm³/mol. The molecule has 0 N–H and O–H groups in total. The monoisotopic (exact) mass is 389 g/mol. The van der Waals surface area contributed by atoms with E-state index in [4.69, 9.17) is 0 Å². The largest absolute Gasteiger partial charge is 0.0654 e. The highest BCUT2D eigenvalue weighted by atomic mass is 13.9. The second kappa shape index (κ2) is 36.8. The maximum absolute atomic E-state index is 2.25. The Hall–Kier alpha value is 0. The van der Waals surface area contributed by atoms with Crippen molar-refractivity contribution in [3.63, 3.8) is 0 Å². The van der Waals surface area contributed by atoms with Gasteiger partial charge in [0, 0.05) is 0 Å². The lowest BCUT2D eigenvalue weighted by Gasteiger charge is -1.95. The van der Waals surface area contributed by atoms with Gasteiger partial charge < -0.3 is 0 Å². The molecule has 0 aromatic carbocycles. The molecule has 0 nitrogen and oxygen atoms in total. The molecule has 0 rings (SSSR count). The number of hydrogen-bond acceptors (Lipinski definition) is 0. The van der Waals surface area contributed by atoms with Gasteiger partial charge in [-0.05, 0) is 23.7 Å². The van der Waals surface area contributed by atoms with Crippen molar-refractivity contribution in [3.05, 3.63) is 0 Å². The van der Waals surface area contributed by atoms with Crippen molar-refractivity contribution in [1.29, 1.82) is 0 Å². The van der Waals surface area contributed by atoms with Crippen molar-refractivity contribution < 1.29 is 0 Å². The second-order valence-electron chi connectivity index (χ2n) is 9.30. The van der Waals surface area contributed by atoms with Gasteiger partial charge in [0.25, 0.3) is 0 Å². The van der Waals surface area contributed by atoms with Crippen molar-refractivity contribution in [3.8, 4) is 0 Å². The molecule has 0 heterocycles. The van der Waals surface area contributed by atoms with Gasteiger partial charge in [-0.25, -0.2) is 0 Å². The third-order valence-corrected chi connectivity index (χ3v) is 4.27. The standard InChI is InChI=1S/2C6H14.3C5H12/c1-4-5-6(2)3;1-3-5-6-4-2;3*1-4-5(2)3/h6H,4-5H2,1-3H3;3-6H2,1-2H3;3*5H,4H2,1-3H3. The van der Waals surface area contributed by atoms with Gasteiger partial charge in [-0.3, -0.25) is 0 Å². The molecule has 0 aromatic heterocycles. The van der Waals surface area contributed by atoms with Gasteiger partial charge in [0.2, 0.25) is 0 Å². The molecule has 0 unspecified atom stereocenters. The normalized spacial score (nSPS) is 9.56. The Morgan fingerprint density at radius 3 is 0.630 bits per heavy atom. The molecule has 172 valence electrons. The minimum absolute atomic E-state index is 0.884. The fourth-order valence-electron chi connectivity index (χ4n) is 1.08. The third-order valence-electron chi connectivity index (χ3n) is 4.27. The zero-order valence-electron chi connectivity index (χ0n) is 22.7. The van der Waals surface area contributed by atoms with Crippen LogP contribution >= 0.6 is 0 Å². The van der Waals surface area contributed by atoms with E-state index >= 15 is 0 Å². The van der Waals surface area contributed by atoms with Crippen LogP contribution in [-0.4, -0.2) is 0 Å². The van der Waals surface area contributed by atoms with Crippen LogP contribution in [0.2, 0.25) is 0 Å². The van der Waals surface area contributed by atoms with Crippen molar-refractivity contribution in [2.45, 2.75) is 155 Å². The molecule has 0 saturated heterocycles. The Morgan fingerprint density at radius 2 is 0.593 bits per heavy atom. The quantitative estimate of drug-likeness (QED) is 0.362. The first kappa shape index (κ1) is 37.7. The van der Waals surface area contributed by atoms with Gasteiger partial charge in [-0.1, -0.05) is 155 Å². The smallest absolute Gasteiger partial charge is 0.0471 e. The fourth-order valence-corrected chi connectivity index (χ4v) is 1.08. The van der Waals surface area contributed by atoms with Crippen molar-refractivity contribution in [2.24, 2.45) is 23.7 Å². The average molecular weight is 389 g/mol. The molecule has 0 saturated carbocycles. The molecule has 0 aliphatic carbocycles. The summed E-state index contributed by atoms with van der Waals surface area (Å²) in [7, 11) is 0. The van der Waals surface area contributed by atoms with Crippen LogP contribution in [0, 0.1) is 23.7 Å². The van der Waals surface area contributed by atoms with Crippen LogP contribution in [0.5, 0.6) is 0 Å². The zero-order chi connectivity index (χ0) is 22.7. The van der Waals surface area contributed by atoms with Crippen LogP contribution in [0.15, 0.2) is 0 Å². The molecule has 0 fully saturated rings. The molecular formula is C27H64. The minimum Gasteiger partial charge on any atom is -0.0654 e. The average Bonchev–Trinajstić information content (AvgIpc) is 2.61. The Balaban J connectivity index is -0.0000000749. The van der Waals surface area contributed by atoms with E-state index in [1.54, 1.807) is 0 Å². The Morgan fingerprint density at radius 1 is 0.370 bits per heavy atom. The fraction of sp³-hybridized carbons (Fsp3) is 1.00. The lowest BCUT2D eigenvalue weighted by atomic mass is 10.1. The molecule has 0 atom stereocenters. The zero-order valence-corrected chi connectivity index (χ0v) is 22.7. The van der Waals surface area contributed by atoms with Gasteiger partial charge in [-0.15, -0.1) is 0 Å². The van der Waals surface area contributed by atoms with Crippen LogP contribution in [-0.2, 0) is 0 Å². The van der Waals surface area contributed by atoms with E-state index in [0.717, 1.165) is 23.7 Å². The maximum Gasteiger partial charge on any atom is -0.0471 e.